The van der Waals surface area contributed by atoms with Gasteiger partial charge >= 0.3 is 18.3 Å². The molecule has 2 aromatic carbocycles. The fourth-order valence-electron chi connectivity index (χ4n) is 4.94. The topological polar surface area (TPSA) is 61.5 Å². The van der Waals surface area contributed by atoms with Crippen LogP contribution < -0.4 is 5.73 Å². The standard InChI is InChI=1S/C26H28F7NO3/c1-15(35)37-14-18-4-7-23(24(22(18)13-34)17-2-5-21(27)6-3-17)36-9-8-16-10-19(25(28,29)30)12-20(11-16)26(31,32)33/h2-3,5-6,10-12,18,22-24H,4,7-9,13-14,34H2,1H3/t18-,22-,23+,24+/m1/s1. The number of benzene rings is 2. The molecule has 0 amide bonds. The van der Waals surface area contributed by atoms with E-state index in [9.17, 15) is 35.5 Å². The molecular weight excluding hydrogens is 507 g/mol. The van der Waals surface area contributed by atoms with Crippen LogP contribution in [0.15, 0.2) is 42.5 Å². The molecule has 1 aliphatic rings. The third-order valence-electron chi connectivity index (χ3n) is 6.69. The average Bonchev–Trinajstić information content (AvgIpc) is 2.82. The van der Waals surface area contributed by atoms with E-state index < -0.39 is 41.4 Å². The van der Waals surface area contributed by atoms with Crippen LogP contribution in [0.2, 0.25) is 0 Å². The van der Waals surface area contributed by atoms with Crippen LogP contribution in [0.25, 0.3) is 0 Å². The number of esters is 1. The molecule has 0 aromatic heterocycles. The average molecular weight is 535 g/mol. The van der Waals surface area contributed by atoms with Crippen molar-refractivity contribution in [3.63, 3.8) is 0 Å². The fourth-order valence-corrected chi connectivity index (χ4v) is 4.94. The maximum Gasteiger partial charge on any atom is 0.416 e. The molecule has 37 heavy (non-hydrogen) atoms. The molecule has 3 rings (SSSR count). The highest BCUT2D eigenvalue weighted by molar-refractivity contribution is 5.65. The SMILES string of the molecule is CC(=O)OC[C@H]1CC[C@H](OCCc2cc(C(F)(F)F)cc(C(F)(F)F)c2)[C@@H](c2ccc(F)cc2)[C@@H]1CN. The van der Waals surface area contributed by atoms with Crippen LogP contribution in [-0.4, -0.2) is 31.8 Å². The lowest BCUT2D eigenvalue weighted by Crippen LogP contribution is -2.43. The van der Waals surface area contributed by atoms with Gasteiger partial charge < -0.3 is 15.2 Å². The van der Waals surface area contributed by atoms with Gasteiger partial charge in [-0.3, -0.25) is 4.79 Å². The van der Waals surface area contributed by atoms with Crippen molar-refractivity contribution in [1.29, 1.82) is 0 Å². The number of alkyl halides is 6. The van der Waals surface area contributed by atoms with Gasteiger partial charge in [0, 0.05) is 12.8 Å². The maximum atomic E-state index is 13.6. The summed E-state index contributed by atoms with van der Waals surface area (Å²) in [5, 5.41) is 0. The fraction of sp³-hybridized carbons (Fsp3) is 0.500. The zero-order chi connectivity index (χ0) is 27.4. The van der Waals surface area contributed by atoms with Crippen LogP contribution in [0.5, 0.6) is 0 Å². The molecule has 4 nitrogen and oxygen atoms in total. The maximum absolute atomic E-state index is 13.6. The van der Waals surface area contributed by atoms with Crippen molar-refractivity contribution in [1.82, 2.24) is 0 Å². The summed E-state index contributed by atoms with van der Waals surface area (Å²) in [6.07, 6.45) is -9.44. The molecule has 0 heterocycles. The Balaban J connectivity index is 1.80. The summed E-state index contributed by atoms with van der Waals surface area (Å²) in [6, 6.07) is 7.23. The van der Waals surface area contributed by atoms with Gasteiger partial charge in [-0.15, -0.1) is 0 Å². The minimum Gasteiger partial charge on any atom is -0.466 e. The van der Waals surface area contributed by atoms with Gasteiger partial charge in [0.25, 0.3) is 0 Å². The molecule has 0 spiro atoms. The third-order valence-corrected chi connectivity index (χ3v) is 6.69. The van der Waals surface area contributed by atoms with Crippen LogP contribution >= 0.6 is 0 Å². The van der Waals surface area contributed by atoms with Crippen molar-refractivity contribution in [2.45, 2.75) is 50.6 Å². The number of carbonyl (C=O) groups is 1. The van der Waals surface area contributed by atoms with Crippen LogP contribution in [0.3, 0.4) is 0 Å². The second kappa shape index (κ2) is 11.8. The molecule has 0 aliphatic heterocycles. The van der Waals surface area contributed by atoms with E-state index in [1.165, 1.54) is 19.1 Å². The molecule has 11 heteroatoms. The zero-order valence-corrected chi connectivity index (χ0v) is 20.0. The molecule has 1 fully saturated rings. The number of hydrogen-bond donors (Lipinski definition) is 1. The number of hydrogen-bond acceptors (Lipinski definition) is 4. The van der Waals surface area contributed by atoms with E-state index >= 15 is 0 Å². The first-order chi connectivity index (χ1) is 17.3. The Labute approximate surface area is 209 Å². The van der Waals surface area contributed by atoms with E-state index in [1.54, 1.807) is 12.1 Å². The largest absolute Gasteiger partial charge is 0.466 e. The Bertz CT molecular complexity index is 1020. The van der Waals surface area contributed by atoms with E-state index in [2.05, 4.69) is 0 Å². The molecular formula is C26H28F7NO3. The summed E-state index contributed by atoms with van der Waals surface area (Å²) in [7, 11) is 0. The second-order valence-electron chi connectivity index (χ2n) is 9.19. The molecule has 0 radical (unpaired) electrons. The first-order valence-corrected chi connectivity index (χ1v) is 11.8. The summed E-state index contributed by atoms with van der Waals surface area (Å²) < 4.78 is 104. The minimum absolute atomic E-state index is 0.0885. The van der Waals surface area contributed by atoms with Gasteiger partial charge in [-0.2, -0.15) is 26.3 Å². The molecule has 204 valence electrons. The van der Waals surface area contributed by atoms with Crippen molar-refractivity contribution in [2.75, 3.05) is 19.8 Å². The second-order valence-corrected chi connectivity index (χ2v) is 9.19. The Hall–Kier alpha value is -2.66. The summed E-state index contributed by atoms with van der Waals surface area (Å²) in [6.45, 7) is 1.51. The number of rotatable bonds is 8. The van der Waals surface area contributed by atoms with Gasteiger partial charge in [0.05, 0.1) is 30.4 Å². The van der Waals surface area contributed by atoms with Crippen LogP contribution in [0.1, 0.15) is 47.9 Å². The zero-order valence-electron chi connectivity index (χ0n) is 20.0. The first-order valence-electron chi connectivity index (χ1n) is 11.8. The molecule has 0 bridgehead atoms. The molecule has 0 saturated heterocycles. The number of carbonyl (C=O) groups excluding carboxylic acids is 1. The van der Waals surface area contributed by atoms with Gasteiger partial charge in [-0.25, -0.2) is 4.39 Å². The third kappa shape index (κ3) is 7.67. The van der Waals surface area contributed by atoms with E-state index in [0.717, 1.165) is 5.56 Å². The highest BCUT2D eigenvalue weighted by Crippen LogP contribution is 2.43. The normalized spacial score (nSPS) is 22.6. The Morgan fingerprint density at radius 2 is 1.57 bits per heavy atom. The molecule has 2 N–H and O–H groups in total. The first kappa shape index (κ1) is 28.9. The molecule has 4 atom stereocenters. The van der Waals surface area contributed by atoms with Crippen molar-refractivity contribution in [3.8, 4) is 0 Å². The summed E-state index contributed by atoms with van der Waals surface area (Å²) in [5.74, 6) is -1.53. The minimum atomic E-state index is -4.93. The molecule has 1 aliphatic carbocycles. The van der Waals surface area contributed by atoms with Gasteiger partial charge in [-0.05, 0) is 79.1 Å². The lowest BCUT2D eigenvalue weighted by Gasteiger charge is -2.42. The van der Waals surface area contributed by atoms with Gasteiger partial charge in [0.15, 0.2) is 0 Å². The van der Waals surface area contributed by atoms with E-state index in [4.69, 9.17) is 15.2 Å². The number of nitrogens with two attached hydrogens (primary N) is 1. The summed E-state index contributed by atoms with van der Waals surface area (Å²) in [5.41, 5.74) is 3.89. The highest BCUT2D eigenvalue weighted by Gasteiger charge is 2.41. The van der Waals surface area contributed by atoms with Crippen LogP contribution in [0, 0.1) is 17.7 Å². The van der Waals surface area contributed by atoms with Gasteiger partial charge in [-0.1, -0.05) is 12.1 Å². The smallest absolute Gasteiger partial charge is 0.416 e. The van der Waals surface area contributed by atoms with Crippen LogP contribution in [0.4, 0.5) is 30.7 Å². The Kier molecular flexibility index (Phi) is 9.22. The predicted molar refractivity (Wildman–Crippen MR) is 121 cm³/mol. The van der Waals surface area contributed by atoms with Gasteiger partial charge in [0.1, 0.15) is 5.82 Å². The Morgan fingerprint density at radius 3 is 2.08 bits per heavy atom. The van der Waals surface area contributed by atoms with E-state index in [1.807, 2.05) is 0 Å². The Morgan fingerprint density at radius 1 is 0.973 bits per heavy atom. The van der Waals surface area contributed by atoms with Crippen molar-refractivity contribution in [3.05, 3.63) is 70.5 Å². The molecule has 2 aromatic rings. The molecule has 0 unspecified atom stereocenters. The van der Waals surface area contributed by atoms with Gasteiger partial charge in [0.2, 0.25) is 0 Å². The van der Waals surface area contributed by atoms with Crippen molar-refractivity contribution >= 4 is 5.97 Å². The number of halogens is 7. The summed E-state index contributed by atoms with van der Waals surface area (Å²) >= 11 is 0. The molecule has 1 saturated carbocycles. The highest BCUT2D eigenvalue weighted by atomic mass is 19.4. The van der Waals surface area contributed by atoms with Crippen molar-refractivity contribution in [2.24, 2.45) is 17.6 Å². The van der Waals surface area contributed by atoms with Crippen LogP contribution in [-0.2, 0) is 33.0 Å². The predicted octanol–water partition coefficient (Wildman–Crippen LogP) is 6.12. The quantitative estimate of drug-likeness (QED) is 0.327. The van der Waals surface area contributed by atoms with E-state index in [-0.39, 0.29) is 55.6 Å². The summed E-state index contributed by atoms with van der Waals surface area (Å²) in [4.78, 5) is 11.3. The number of ether oxygens (including phenoxy) is 2. The van der Waals surface area contributed by atoms with Crippen molar-refractivity contribution < 1.29 is 45.0 Å². The lowest BCUT2D eigenvalue weighted by atomic mass is 9.68. The monoisotopic (exact) mass is 535 g/mol. The van der Waals surface area contributed by atoms with E-state index in [0.29, 0.717) is 25.0 Å². The lowest BCUT2D eigenvalue weighted by molar-refractivity contribution is -0.145.